The van der Waals surface area contributed by atoms with Gasteiger partial charge in [0, 0.05) is 25.3 Å². The van der Waals surface area contributed by atoms with Gasteiger partial charge in [-0.1, -0.05) is 6.92 Å². The summed E-state index contributed by atoms with van der Waals surface area (Å²) in [6.45, 7) is 1.66. The number of aliphatic hydroxyl groups is 1. The Morgan fingerprint density at radius 2 is 2.05 bits per heavy atom. The van der Waals surface area contributed by atoms with Gasteiger partial charge in [0.25, 0.3) is 0 Å². The number of rotatable bonds is 5. The molecule has 1 aliphatic heterocycles. The van der Waals surface area contributed by atoms with E-state index >= 15 is 0 Å². The zero-order chi connectivity index (χ0) is 14.6. The molecule has 7 nitrogen and oxygen atoms in total. The minimum atomic E-state index is -1.12. The van der Waals surface area contributed by atoms with Crippen LogP contribution in [0.15, 0.2) is 0 Å². The van der Waals surface area contributed by atoms with Gasteiger partial charge in [0.2, 0.25) is 5.91 Å². The van der Waals surface area contributed by atoms with Crippen molar-refractivity contribution in [2.45, 2.75) is 38.3 Å². The number of β-amino-alcohol motifs (C(OH)–C–C–N with tert-alkyl or cyclic N) is 1. The second-order valence-electron chi connectivity index (χ2n) is 4.75. The molecule has 2 N–H and O–H groups in total. The Bertz CT molecular complexity index is 369. The predicted molar refractivity (Wildman–Crippen MR) is 64.2 cm³/mol. The van der Waals surface area contributed by atoms with Crippen LogP contribution in [-0.4, -0.2) is 58.8 Å². The summed E-state index contributed by atoms with van der Waals surface area (Å²) in [5.41, 5.74) is 0. The summed E-state index contributed by atoms with van der Waals surface area (Å²) in [6.07, 6.45) is -0.356. The summed E-state index contributed by atoms with van der Waals surface area (Å²) < 4.78 is 4.48. The molecule has 0 aromatic carbocycles. The van der Waals surface area contributed by atoms with Gasteiger partial charge in [0.1, 0.15) is 6.04 Å². The van der Waals surface area contributed by atoms with Crippen LogP contribution in [0.25, 0.3) is 0 Å². The van der Waals surface area contributed by atoms with Crippen molar-refractivity contribution in [1.82, 2.24) is 4.90 Å². The molecular formula is C12H19NO6. The van der Waals surface area contributed by atoms with Crippen molar-refractivity contribution in [2.24, 2.45) is 5.92 Å². The monoisotopic (exact) mass is 273 g/mol. The van der Waals surface area contributed by atoms with Crippen molar-refractivity contribution in [3.63, 3.8) is 0 Å². The lowest BCUT2D eigenvalue weighted by Crippen LogP contribution is -2.43. The fraction of sp³-hybridized carbons (Fsp3) is 0.750. The van der Waals surface area contributed by atoms with E-state index in [1.807, 2.05) is 0 Å². The fourth-order valence-electron chi connectivity index (χ4n) is 2.13. The Balaban J connectivity index is 2.60. The zero-order valence-corrected chi connectivity index (χ0v) is 11.0. The maximum absolute atomic E-state index is 12.1. The predicted octanol–water partition coefficient (Wildman–Crippen LogP) is -0.378. The number of ether oxygens (including phenoxy) is 1. The molecule has 1 amide bonds. The van der Waals surface area contributed by atoms with Crippen molar-refractivity contribution in [2.75, 3.05) is 13.7 Å². The largest absolute Gasteiger partial charge is 0.480 e. The number of aliphatic carboxylic acids is 1. The van der Waals surface area contributed by atoms with E-state index in [4.69, 9.17) is 5.11 Å². The van der Waals surface area contributed by atoms with Crippen LogP contribution in [0.1, 0.15) is 26.2 Å². The molecule has 0 bridgehead atoms. The molecule has 0 aromatic heterocycles. The lowest BCUT2D eigenvalue weighted by molar-refractivity contribution is -0.150. The van der Waals surface area contributed by atoms with E-state index in [1.165, 1.54) is 12.0 Å². The first-order valence-corrected chi connectivity index (χ1v) is 6.15. The van der Waals surface area contributed by atoms with Crippen LogP contribution in [-0.2, 0) is 19.1 Å². The lowest BCUT2D eigenvalue weighted by Gasteiger charge is -2.24. The molecule has 3 atom stereocenters. The van der Waals surface area contributed by atoms with Gasteiger partial charge in [-0.05, 0) is 6.42 Å². The van der Waals surface area contributed by atoms with Gasteiger partial charge >= 0.3 is 11.9 Å². The van der Waals surface area contributed by atoms with Gasteiger partial charge in [0.05, 0.1) is 13.2 Å². The molecule has 1 fully saturated rings. The Morgan fingerprint density at radius 1 is 1.42 bits per heavy atom. The average Bonchev–Trinajstić information content (AvgIpc) is 2.76. The molecule has 1 heterocycles. The van der Waals surface area contributed by atoms with Crippen LogP contribution in [0.2, 0.25) is 0 Å². The van der Waals surface area contributed by atoms with Crippen molar-refractivity contribution >= 4 is 17.8 Å². The van der Waals surface area contributed by atoms with Gasteiger partial charge < -0.3 is 19.8 Å². The summed E-state index contributed by atoms with van der Waals surface area (Å²) in [4.78, 5) is 35.3. The maximum Gasteiger partial charge on any atom is 0.326 e. The number of carbonyl (C=O) groups excluding carboxylic acids is 2. The number of nitrogens with zero attached hydrogens (tertiary/aromatic N) is 1. The number of methoxy groups -OCH3 is 1. The molecule has 1 saturated heterocycles. The number of likely N-dealkylation sites (tertiary alicyclic amines) is 1. The van der Waals surface area contributed by atoms with E-state index in [1.54, 1.807) is 6.92 Å². The fourth-order valence-corrected chi connectivity index (χ4v) is 2.13. The normalized spacial score (nSPS) is 24.1. The van der Waals surface area contributed by atoms with E-state index in [9.17, 15) is 19.5 Å². The highest BCUT2D eigenvalue weighted by atomic mass is 16.5. The van der Waals surface area contributed by atoms with Gasteiger partial charge in [-0.25, -0.2) is 4.79 Å². The molecule has 0 spiro atoms. The highest BCUT2D eigenvalue weighted by Gasteiger charge is 2.40. The van der Waals surface area contributed by atoms with Crippen molar-refractivity contribution in [1.29, 1.82) is 0 Å². The number of hydrogen-bond donors (Lipinski definition) is 2. The third kappa shape index (κ3) is 3.92. The molecule has 19 heavy (non-hydrogen) atoms. The Morgan fingerprint density at radius 3 is 2.58 bits per heavy atom. The molecule has 0 aliphatic carbocycles. The molecule has 0 saturated carbocycles. The smallest absolute Gasteiger partial charge is 0.326 e. The molecule has 1 unspecified atom stereocenters. The second-order valence-corrected chi connectivity index (χ2v) is 4.75. The third-order valence-electron chi connectivity index (χ3n) is 3.28. The molecule has 108 valence electrons. The van der Waals surface area contributed by atoms with Crippen molar-refractivity contribution in [3.8, 4) is 0 Å². The number of carbonyl (C=O) groups is 3. The van der Waals surface area contributed by atoms with Gasteiger partial charge in [-0.15, -0.1) is 0 Å². The highest BCUT2D eigenvalue weighted by Crippen LogP contribution is 2.22. The van der Waals surface area contributed by atoms with Crippen molar-refractivity contribution in [3.05, 3.63) is 0 Å². The Labute approximate surface area is 111 Å². The van der Waals surface area contributed by atoms with Crippen LogP contribution in [0.3, 0.4) is 0 Å². The number of aliphatic hydroxyl groups excluding tert-OH is 1. The summed E-state index contributed by atoms with van der Waals surface area (Å²) >= 11 is 0. The second kappa shape index (κ2) is 6.51. The van der Waals surface area contributed by atoms with Crippen LogP contribution in [0.4, 0.5) is 0 Å². The van der Waals surface area contributed by atoms with E-state index in [0.717, 1.165) is 0 Å². The molecular weight excluding hydrogens is 254 g/mol. The maximum atomic E-state index is 12.1. The summed E-state index contributed by atoms with van der Waals surface area (Å²) in [5, 5.41) is 18.5. The van der Waals surface area contributed by atoms with Crippen LogP contribution < -0.4 is 0 Å². The summed E-state index contributed by atoms with van der Waals surface area (Å²) in [7, 11) is 1.27. The van der Waals surface area contributed by atoms with Gasteiger partial charge in [-0.2, -0.15) is 0 Å². The molecule has 1 rings (SSSR count). The standard InChI is InChI=1S/C12H19NO6/c1-7(3-4-10(15)19-2)11(16)13-6-8(14)5-9(13)12(17)18/h7-9,14H,3-6H2,1-2H3,(H,17,18)/t7?,8-,9+/m1/s1. The van der Waals surface area contributed by atoms with Crippen molar-refractivity contribution < 1.29 is 29.3 Å². The van der Waals surface area contributed by atoms with Gasteiger partial charge in [-0.3, -0.25) is 9.59 Å². The number of amides is 1. The molecule has 1 aliphatic rings. The SMILES string of the molecule is COC(=O)CCC(C)C(=O)N1C[C@H](O)C[C@H]1C(=O)O. The molecule has 7 heteroatoms. The summed E-state index contributed by atoms with van der Waals surface area (Å²) in [5.74, 6) is -2.36. The van der Waals surface area contributed by atoms with Gasteiger partial charge in [0.15, 0.2) is 0 Å². The van der Waals surface area contributed by atoms with Crippen LogP contribution >= 0.6 is 0 Å². The minimum Gasteiger partial charge on any atom is -0.480 e. The summed E-state index contributed by atoms with van der Waals surface area (Å²) in [6, 6.07) is -0.983. The quantitative estimate of drug-likeness (QED) is 0.662. The topological polar surface area (TPSA) is 104 Å². The molecule has 0 aromatic rings. The number of hydrogen-bond acceptors (Lipinski definition) is 5. The zero-order valence-electron chi connectivity index (χ0n) is 11.0. The minimum absolute atomic E-state index is 0.0262. The first-order chi connectivity index (χ1) is 8.86. The number of esters is 1. The lowest BCUT2D eigenvalue weighted by atomic mass is 10.0. The first kappa shape index (κ1) is 15.4. The number of carboxylic acid groups (broad SMARTS) is 1. The highest BCUT2D eigenvalue weighted by molar-refractivity contribution is 5.86. The average molecular weight is 273 g/mol. The van der Waals surface area contributed by atoms with Crippen LogP contribution in [0, 0.1) is 5.92 Å². The number of carboxylic acids is 1. The van der Waals surface area contributed by atoms with E-state index in [-0.39, 0.29) is 25.3 Å². The van der Waals surface area contributed by atoms with E-state index in [0.29, 0.717) is 6.42 Å². The third-order valence-corrected chi connectivity index (χ3v) is 3.28. The Kier molecular flexibility index (Phi) is 5.29. The van der Waals surface area contributed by atoms with Crippen LogP contribution in [0.5, 0.6) is 0 Å². The first-order valence-electron chi connectivity index (χ1n) is 6.15. The molecule has 0 radical (unpaired) electrons. The van der Waals surface area contributed by atoms with E-state index in [2.05, 4.69) is 4.74 Å². The van der Waals surface area contributed by atoms with E-state index < -0.39 is 30.0 Å². The Hall–Kier alpha value is -1.63.